The number of benzene rings is 2. The van der Waals surface area contributed by atoms with Gasteiger partial charge in [0.1, 0.15) is 5.82 Å². The van der Waals surface area contributed by atoms with Crippen LogP contribution in [-0.4, -0.2) is 39.0 Å². The van der Waals surface area contributed by atoms with Crippen molar-refractivity contribution >= 4 is 22.8 Å². The Morgan fingerprint density at radius 1 is 1.09 bits per heavy atom. The number of anilines is 2. The SMILES string of the molecule is Nc1c2c(-c3cccc(F)c3F)nc(NC[C@H]3CCCO3)nc2nn1Cc1ccccc1. The van der Waals surface area contributed by atoms with Crippen molar-refractivity contribution in [2.24, 2.45) is 0 Å². The lowest BCUT2D eigenvalue weighted by atomic mass is 10.1. The predicted octanol–water partition coefficient (Wildman–Crippen LogP) is 3.99. The lowest BCUT2D eigenvalue weighted by Crippen LogP contribution is -2.19. The van der Waals surface area contributed by atoms with Gasteiger partial charge in [-0.15, -0.1) is 5.10 Å². The molecular formula is C23H22F2N6O. The van der Waals surface area contributed by atoms with E-state index < -0.39 is 11.6 Å². The fourth-order valence-corrected chi connectivity index (χ4v) is 3.90. The monoisotopic (exact) mass is 436 g/mol. The van der Waals surface area contributed by atoms with Gasteiger partial charge in [-0.25, -0.2) is 18.4 Å². The summed E-state index contributed by atoms with van der Waals surface area (Å²) in [6, 6.07) is 13.7. The van der Waals surface area contributed by atoms with E-state index in [0.717, 1.165) is 31.1 Å². The fourth-order valence-electron chi connectivity index (χ4n) is 3.90. The van der Waals surface area contributed by atoms with Gasteiger partial charge in [-0.1, -0.05) is 36.4 Å². The highest BCUT2D eigenvalue weighted by molar-refractivity contribution is 5.99. The molecule has 0 amide bonds. The summed E-state index contributed by atoms with van der Waals surface area (Å²) < 4.78 is 36.0. The molecule has 1 atom stereocenters. The van der Waals surface area contributed by atoms with Crippen molar-refractivity contribution in [2.45, 2.75) is 25.5 Å². The fraction of sp³-hybridized carbons (Fsp3) is 0.261. The first-order valence-corrected chi connectivity index (χ1v) is 10.5. The van der Waals surface area contributed by atoms with Crippen LogP contribution in [0.4, 0.5) is 20.5 Å². The standard InChI is InChI=1S/C23H22F2N6O/c24-17-10-4-9-16(19(17)25)20-18-21(26)31(13-14-6-2-1-3-7-14)30-22(18)29-23(28-20)27-12-15-8-5-11-32-15/h1-4,6-7,9-10,15H,5,8,11-13,26H2,(H,27,29,30)/t15-/m1/s1. The van der Waals surface area contributed by atoms with Crippen molar-refractivity contribution in [3.63, 3.8) is 0 Å². The van der Waals surface area contributed by atoms with Crippen molar-refractivity contribution in [2.75, 3.05) is 24.2 Å². The average molecular weight is 436 g/mol. The topological polar surface area (TPSA) is 90.9 Å². The highest BCUT2D eigenvalue weighted by Gasteiger charge is 2.22. The Hall–Kier alpha value is -3.59. The summed E-state index contributed by atoms with van der Waals surface area (Å²) in [5, 5.41) is 8.07. The number of rotatable bonds is 6. The molecule has 0 bridgehead atoms. The molecule has 4 aromatic rings. The summed E-state index contributed by atoms with van der Waals surface area (Å²) in [5.41, 5.74) is 7.90. The zero-order valence-electron chi connectivity index (χ0n) is 17.3. The first-order chi connectivity index (χ1) is 15.6. The number of nitrogen functional groups attached to an aromatic ring is 1. The summed E-state index contributed by atoms with van der Waals surface area (Å²) in [5.74, 6) is -1.41. The number of nitrogens with zero attached hydrogens (tertiary/aromatic N) is 4. The molecule has 0 radical (unpaired) electrons. The maximum atomic E-state index is 14.7. The van der Waals surface area contributed by atoms with E-state index >= 15 is 0 Å². The number of aromatic nitrogens is 4. The Morgan fingerprint density at radius 2 is 1.94 bits per heavy atom. The number of hydrogen-bond acceptors (Lipinski definition) is 6. The number of ether oxygens (including phenoxy) is 1. The van der Waals surface area contributed by atoms with Crippen LogP contribution in [0.1, 0.15) is 18.4 Å². The molecule has 1 saturated heterocycles. The molecule has 7 nitrogen and oxygen atoms in total. The molecular weight excluding hydrogens is 414 g/mol. The van der Waals surface area contributed by atoms with Gasteiger partial charge in [-0.2, -0.15) is 4.98 Å². The average Bonchev–Trinajstić information content (AvgIpc) is 3.43. The van der Waals surface area contributed by atoms with E-state index in [1.165, 1.54) is 12.1 Å². The Bertz CT molecular complexity index is 1250. The van der Waals surface area contributed by atoms with E-state index in [1.807, 2.05) is 30.3 Å². The zero-order valence-corrected chi connectivity index (χ0v) is 17.3. The molecule has 9 heteroatoms. The first kappa shape index (κ1) is 20.3. The van der Waals surface area contributed by atoms with Gasteiger partial charge in [-0.05, 0) is 30.5 Å². The third kappa shape index (κ3) is 3.87. The van der Waals surface area contributed by atoms with Gasteiger partial charge in [0.25, 0.3) is 0 Å². The molecule has 0 saturated carbocycles. The third-order valence-electron chi connectivity index (χ3n) is 5.53. The van der Waals surface area contributed by atoms with E-state index in [1.54, 1.807) is 4.68 Å². The second-order valence-corrected chi connectivity index (χ2v) is 7.74. The summed E-state index contributed by atoms with van der Waals surface area (Å²) in [6.07, 6.45) is 2.01. The number of nitrogens with one attached hydrogen (secondary N) is 1. The Labute approximate surface area is 183 Å². The van der Waals surface area contributed by atoms with Gasteiger partial charge in [0.2, 0.25) is 5.95 Å². The lowest BCUT2D eigenvalue weighted by molar-refractivity contribution is 0.120. The predicted molar refractivity (Wildman–Crippen MR) is 118 cm³/mol. The second-order valence-electron chi connectivity index (χ2n) is 7.74. The minimum absolute atomic E-state index is 0.00327. The highest BCUT2D eigenvalue weighted by Crippen LogP contribution is 2.33. The van der Waals surface area contributed by atoms with Crippen LogP contribution in [0.5, 0.6) is 0 Å². The molecule has 1 aliphatic rings. The minimum Gasteiger partial charge on any atom is -0.383 e. The van der Waals surface area contributed by atoms with Crippen molar-refractivity contribution < 1.29 is 13.5 Å². The molecule has 1 aliphatic heterocycles. The van der Waals surface area contributed by atoms with E-state index in [0.29, 0.717) is 24.1 Å². The molecule has 3 heterocycles. The first-order valence-electron chi connectivity index (χ1n) is 10.5. The zero-order chi connectivity index (χ0) is 22.1. The molecule has 0 aliphatic carbocycles. The number of hydrogen-bond donors (Lipinski definition) is 2. The number of nitrogens with two attached hydrogens (primary N) is 1. The second kappa shape index (κ2) is 8.51. The maximum Gasteiger partial charge on any atom is 0.225 e. The molecule has 3 N–H and O–H groups in total. The largest absolute Gasteiger partial charge is 0.383 e. The van der Waals surface area contributed by atoms with Gasteiger partial charge in [0, 0.05) is 18.7 Å². The molecule has 2 aromatic heterocycles. The van der Waals surface area contributed by atoms with Crippen LogP contribution < -0.4 is 11.1 Å². The molecule has 5 rings (SSSR count). The third-order valence-corrected chi connectivity index (χ3v) is 5.53. The van der Waals surface area contributed by atoms with Gasteiger partial charge in [-0.3, -0.25) is 0 Å². The molecule has 1 fully saturated rings. The normalized spacial score (nSPS) is 16.0. The number of fused-ring (bicyclic) bond motifs is 1. The smallest absolute Gasteiger partial charge is 0.225 e. The summed E-state index contributed by atoms with van der Waals surface area (Å²) in [4.78, 5) is 8.99. The Kier molecular flexibility index (Phi) is 5.40. The van der Waals surface area contributed by atoms with Crippen molar-refractivity contribution in [3.8, 4) is 11.3 Å². The Morgan fingerprint density at radius 3 is 2.72 bits per heavy atom. The summed E-state index contributed by atoms with van der Waals surface area (Å²) in [6.45, 7) is 1.65. The molecule has 0 unspecified atom stereocenters. The molecule has 32 heavy (non-hydrogen) atoms. The van der Waals surface area contributed by atoms with Gasteiger partial charge >= 0.3 is 0 Å². The quantitative estimate of drug-likeness (QED) is 0.475. The van der Waals surface area contributed by atoms with Gasteiger partial charge in [0.15, 0.2) is 17.3 Å². The van der Waals surface area contributed by atoms with Crippen LogP contribution in [0, 0.1) is 11.6 Å². The van der Waals surface area contributed by atoms with Crippen LogP contribution >= 0.6 is 0 Å². The van der Waals surface area contributed by atoms with Crippen molar-refractivity contribution in [1.29, 1.82) is 0 Å². The molecule has 2 aromatic carbocycles. The minimum atomic E-state index is -0.993. The molecule has 164 valence electrons. The summed E-state index contributed by atoms with van der Waals surface area (Å²) in [7, 11) is 0. The number of halogens is 2. The molecule has 0 spiro atoms. The van der Waals surface area contributed by atoms with Crippen molar-refractivity contribution in [3.05, 3.63) is 65.7 Å². The van der Waals surface area contributed by atoms with E-state index in [2.05, 4.69) is 20.4 Å². The van der Waals surface area contributed by atoms with Gasteiger partial charge < -0.3 is 15.8 Å². The van der Waals surface area contributed by atoms with Crippen LogP contribution in [0.2, 0.25) is 0 Å². The Balaban J connectivity index is 1.61. The van der Waals surface area contributed by atoms with Crippen LogP contribution in [0.3, 0.4) is 0 Å². The maximum absolute atomic E-state index is 14.7. The van der Waals surface area contributed by atoms with E-state index in [9.17, 15) is 8.78 Å². The van der Waals surface area contributed by atoms with Crippen LogP contribution in [-0.2, 0) is 11.3 Å². The van der Waals surface area contributed by atoms with E-state index in [-0.39, 0.29) is 29.1 Å². The highest BCUT2D eigenvalue weighted by atomic mass is 19.2. The van der Waals surface area contributed by atoms with Crippen molar-refractivity contribution in [1.82, 2.24) is 19.7 Å². The van der Waals surface area contributed by atoms with E-state index in [4.69, 9.17) is 10.5 Å². The lowest BCUT2D eigenvalue weighted by Gasteiger charge is -2.12. The van der Waals surface area contributed by atoms with Gasteiger partial charge in [0.05, 0.1) is 23.7 Å². The van der Waals surface area contributed by atoms with Crippen LogP contribution in [0.25, 0.3) is 22.3 Å². The summed E-state index contributed by atoms with van der Waals surface area (Å²) >= 11 is 0. The van der Waals surface area contributed by atoms with Crippen LogP contribution in [0.15, 0.2) is 48.5 Å².